The van der Waals surface area contributed by atoms with Crippen molar-refractivity contribution in [2.75, 3.05) is 46.0 Å². The maximum Gasteiger partial charge on any atom is 0.274 e. The number of hydrogen-bond acceptors (Lipinski definition) is 6. The van der Waals surface area contributed by atoms with Crippen molar-refractivity contribution in [1.82, 2.24) is 24.1 Å². The molecule has 9 nitrogen and oxygen atoms in total. The third-order valence-electron chi connectivity index (χ3n) is 10.2. The zero-order valence-electron chi connectivity index (χ0n) is 28.4. The van der Waals surface area contributed by atoms with Gasteiger partial charge in [0.25, 0.3) is 11.8 Å². The van der Waals surface area contributed by atoms with Crippen LogP contribution >= 0.6 is 8.58 Å². The zero-order valence-corrected chi connectivity index (χ0v) is 29.4. The predicted molar refractivity (Wildman–Crippen MR) is 194 cm³/mol. The predicted octanol–water partition coefficient (Wildman–Crippen LogP) is 5.90. The molecule has 48 heavy (non-hydrogen) atoms. The lowest BCUT2D eigenvalue weighted by Gasteiger charge is -2.45. The molecule has 10 heteroatoms. The van der Waals surface area contributed by atoms with Crippen LogP contribution in [0, 0.1) is 5.92 Å². The summed E-state index contributed by atoms with van der Waals surface area (Å²) < 4.78 is 7.80. The van der Waals surface area contributed by atoms with Crippen LogP contribution in [0.2, 0.25) is 0 Å². The Morgan fingerprint density at radius 3 is 2.58 bits per heavy atom. The third kappa shape index (κ3) is 6.26. The van der Waals surface area contributed by atoms with Crippen molar-refractivity contribution in [3.8, 4) is 17.1 Å². The first-order chi connectivity index (χ1) is 23.2. The summed E-state index contributed by atoms with van der Waals surface area (Å²) in [7, 11) is 2.24. The van der Waals surface area contributed by atoms with E-state index < -0.39 is 0 Å². The molecule has 0 aliphatic carbocycles. The number of hydrogen-bond donors (Lipinski definition) is 0. The monoisotopic (exact) mass is 664 g/mol. The van der Waals surface area contributed by atoms with Gasteiger partial charge in [-0.25, -0.2) is 4.98 Å². The molecule has 3 unspecified atom stereocenters. The van der Waals surface area contributed by atoms with Crippen LogP contribution in [0.1, 0.15) is 60.9 Å². The number of amides is 2. The molecule has 3 aliphatic heterocycles. The molecule has 2 aromatic carbocycles. The van der Waals surface area contributed by atoms with Crippen molar-refractivity contribution < 1.29 is 14.3 Å². The number of fused-ring (bicyclic) bond motifs is 3. The number of benzene rings is 2. The van der Waals surface area contributed by atoms with E-state index in [2.05, 4.69) is 31.7 Å². The lowest BCUT2D eigenvalue weighted by atomic mass is 9.90. The molecular formula is C38H45N6O3P. The molecule has 2 fully saturated rings. The summed E-state index contributed by atoms with van der Waals surface area (Å²) >= 11 is 0. The first-order valence-electron chi connectivity index (χ1n) is 17.1. The van der Waals surface area contributed by atoms with Gasteiger partial charge in [0.15, 0.2) is 5.69 Å². The molecule has 5 heterocycles. The highest BCUT2D eigenvalue weighted by atomic mass is 31.1. The minimum absolute atomic E-state index is 0.00552. The Balaban J connectivity index is 0.974. The highest BCUT2D eigenvalue weighted by Crippen LogP contribution is 2.35. The Morgan fingerprint density at radius 2 is 1.81 bits per heavy atom. The van der Waals surface area contributed by atoms with Crippen LogP contribution in [0.3, 0.4) is 0 Å². The highest BCUT2D eigenvalue weighted by Gasteiger charge is 2.35. The number of methoxy groups -OCH3 is 1. The van der Waals surface area contributed by atoms with Gasteiger partial charge in [0.1, 0.15) is 11.6 Å². The molecule has 0 radical (unpaired) electrons. The number of imidazole rings is 1. The Morgan fingerprint density at radius 1 is 1.04 bits per heavy atom. The summed E-state index contributed by atoms with van der Waals surface area (Å²) in [5.74, 6) is 2.10. The molecule has 0 spiro atoms. The van der Waals surface area contributed by atoms with E-state index in [-0.39, 0.29) is 23.4 Å². The van der Waals surface area contributed by atoms with Crippen molar-refractivity contribution in [3.63, 3.8) is 0 Å². The molecule has 4 aromatic rings. The van der Waals surface area contributed by atoms with Gasteiger partial charge in [-0.15, -0.1) is 0 Å². The summed E-state index contributed by atoms with van der Waals surface area (Å²) in [6.45, 7) is 10.8. The van der Waals surface area contributed by atoms with Gasteiger partial charge < -0.3 is 14.5 Å². The van der Waals surface area contributed by atoms with Gasteiger partial charge >= 0.3 is 0 Å². The van der Waals surface area contributed by atoms with E-state index in [4.69, 9.17) is 14.7 Å². The van der Waals surface area contributed by atoms with E-state index in [1.165, 1.54) is 0 Å². The fourth-order valence-electron chi connectivity index (χ4n) is 7.66. The fourth-order valence-corrected chi connectivity index (χ4v) is 8.96. The molecule has 3 atom stereocenters. The quantitative estimate of drug-likeness (QED) is 0.208. The lowest BCUT2D eigenvalue weighted by molar-refractivity contribution is 0.0333. The number of aliphatic imine (C=N–C) groups is 1. The molecule has 250 valence electrons. The summed E-state index contributed by atoms with van der Waals surface area (Å²) in [6.07, 6.45) is 8.00. The molecular weight excluding hydrogens is 619 g/mol. The Hall–Kier alpha value is -4.07. The second kappa shape index (κ2) is 13.4. The second-order valence-corrected chi connectivity index (χ2v) is 15.2. The number of carbonyl (C=O) groups excluding carboxylic acids is 2. The summed E-state index contributed by atoms with van der Waals surface area (Å²) in [4.78, 5) is 43.2. The fraction of sp³-hybridized carbons (Fsp3) is 0.421. The Bertz CT molecular complexity index is 1850. The van der Waals surface area contributed by atoms with E-state index in [0.29, 0.717) is 38.8 Å². The standard InChI is InChI=1S/C38H45N6O3P/c1-26(25-48-33-22-30-29(21-32(33)47-4)36(45)43-16-10-13-28(43)24-39-30)23-38(2,3)42-19-17-41(18-20-42)37(46)34-31-14-8-9-15-44(31)35(40-34)27-11-6-5-7-12-27/h5-9,11-12,14-15,21-22,24,26,28,48H,10,13,16-20,23,25H2,1-4H3. The van der Waals surface area contributed by atoms with Gasteiger partial charge in [0.05, 0.1) is 29.9 Å². The number of pyridine rings is 1. The number of piperazine rings is 1. The van der Waals surface area contributed by atoms with Crippen LogP contribution < -0.4 is 10.0 Å². The SMILES string of the molecule is COc1cc2c(cc1PCC(C)CC(C)(C)N1CCN(C(=O)c3nc(-c4ccccc4)n4ccccc34)CC1)N=CC1CCCN1C2=O. The van der Waals surface area contributed by atoms with Crippen LogP contribution in [0.5, 0.6) is 5.75 Å². The van der Waals surface area contributed by atoms with Gasteiger partial charge in [-0.05, 0) is 69.5 Å². The molecule has 2 amide bonds. The van der Waals surface area contributed by atoms with Crippen LogP contribution in [-0.2, 0) is 0 Å². The van der Waals surface area contributed by atoms with Gasteiger partial charge in [-0.1, -0.05) is 51.9 Å². The summed E-state index contributed by atoms with van der Waals surface area (Å²) in [5.41, 5.74) is 3.73. The molecule has 0 bridgehead atoms. The number of aromatic nitrogens is 2. The molecule has 3 aliphatic rings. The van der Waals surface area contributed by atoms with Crippen molar-refractivity contribution >= 4 is 43.1 Å². The maximum absolute atomic E-state index is 13.8. The molecule has 7 rings (SSSR count). The van der Waals surface area contributed by atoms with Gasteiger partial charge in [0.2, 0.25) is 0 Å². The highest BCUT2D eigenvalue weighted by molar-refractivity contribution is 7.47. The molecule has 2 saturated heterocycles. The van der Waals surface area contributed by atoms with Crippen LogP contribution in [0.4, 0.5) is 5.69 Å². The van der Waals surface area contributed by atoms with Gasteiger partial charge in [0, 0.05) is 61.5 Å². The van der Waals surface area contributed by atoms with Crippen LogP contribution in [0.15, 0.2) is 71.9 Å². The zero-order chi connectivity index (χ0) is 33.4. The van der Waals surface area contributed by atoms with E-state index in [1.54, 1.807) is 7.11 Å². The minimum Gasteiger partial charge on any atom is -0.496 e. The Kier molecular flexibility index (Phi) is 9.10. The van der Waals surface area contributed by atoms with E-state index >= 15 is 0 Å². The topological polar surface area (TPSA) is 82.8 Å². The first kappa shape index (κ1) is 32.5. The first-order valence-corrected chi connectivity index (χ1v) is 18.3. The lowest BCUT2D eigenvalue weighted by Crippen LogP contribution is -2.56. The molecule has 2 aromatic heterocycles. The van der Waals surface area contributed by atoms with E-state index in [9.17, 15) is 9.59 Å². The third-order valence-corrected chi connectivity index (χ3v) is 11.9. The second-order valence-electron chi connectivity index (χ2n) is 13.9. The van der Waals surface area contributed by atoms with E-state index in [1.807, 2.05) is 81.2 Å². The number of ether oxygens (including phenoxy) is 1. The van der Waals surface area contributed by atoms with Crippen molar-refractivity contribution in [1.29, 1.82) is 0 Å². The average molecular weight is 665 g/mol. The smallest absolute Gasteiger partial charge is 0.274 e. The van der Waals surface area contributed by atoms with E-state index in [0.717, 1.165) is 78.7 Å². The number of rotatable bonds is 9. The van der Waals surface area contributed by atoms with Crippen molar-refractivity contribution in [2.45, 2.75) is 51.6 Å². The van der Waals surface area contributed by atoms with Crippen LogP contribution in [0.25, 0.3) is 16.9 Å². The number of nitrogens with zero attached hydrogens (tertiary/aromatic N) is 6. The van der Waals surface area contributed by atoms with Crippen molar-refractivity contribution in [3.05, 3.63) is 78.1 Å². The van der Waals surface area contributed by atoms with Crippen molar-refractivity contribution in [2.24, 2.45) is 10.9 Å². The molecule has 0 N–H and O–H groups in total. The minimum atomic E-state index is -0.0125. The molecule has 0 saturated carbocycles. The van der Waals surface area contributed by atoms with Gasteiger partial charge in [-0.2, -0.15) is 0 Å². The Labute approximate surface area is 284 Å². The normalized spacial score (nSPS) is 19.2. The number of carbonyl (C=O) groups is 2. The summed E-state index contributed by atoms with van der Waals surface area (Å²) in [5, 5.41) is 1.13. The largest absolute Gasteiger partial charge is 0.496 e. The average Bonchev–Trinajstić information content (AvgIpc) is 3.72. The van der Waals surface area contributed by atoms with Gasteiger partial charge in [-0.3, -0.25) is 23.9 Å². The maximum atomic E-state index is 13.8. The summed E-state index contributed by atoms with van der Waals surface area (Å²) in [6, 6.07) is 20.0. The van der Waals surface area contributed by atoms with Crippen LogP contribution in [-0.4, -0.2) is 99.7 Å².